The zero-order valence-electron chi connectivity index (χ0n) is 10.2. The number of aromatic nitrogens is 3. The Hall–Kier alpha value is -1.77. The van der Waals surface area contributed by atoms with Gasteiger partial charge in [-0.2, -0.15) is 13.2 Å². The van der Waals surface area contributed by atoms with Crippen molar-refractivity contribution in [3.8, 4) is 0 Å². The molecule has 9 heteroatoms. The summed E-state index contributed by atoms with van der Waals surface area (Å²) in [6.07, 6.45) is -4.65. The first-order valence-corrected chi connectivity index (χ1v) is 6.37. The Balaban J connectivity index is 2.18. The Morgan fingerprint density at radius 3 is 2.30 bits per heavy atom. The second-order valence-electron chi connectivity index (χ2n) is 3.99. The van der Waals surface area contributed by atoms with Crippen LogP contribution in [0.4, 0.5) is 17.6 Å². The van der Waals surface area contributed by atoms with Gasteiger partial charge in [-0.15, -0.1) is 10.2 Å². The molecule has 20 heavy (non-hydrogen) atoms. The first-order valence-electron chi connectivity index (χ1n) is 5.49. The number of benzene rings is 1. The van der Waals surface area contributed by atoms with Crippen LogP contribution < -0.4 is 5.84 Å². The highest BCUT2D eigenvalue weighted by Crippen LogP contribution is 2.35. The molecule has 1 heterocycles. The van der Waals surface area contributed by atoms with Crippen molar-refractivity contribution in [2.24, 2.45) is 0 Å². The van der Waals surface area contributed by atoms with E-state index in [4.69, 9.17) is 5.84 Å². The summed E-state index contributed by atoms with van der Waals surface area (Å²) < 4.78 is 50.7. The predicted octanol–water partition coefficient (Wildman–Crippen LogP) is 3.00. The molecule has 0 aliphatic heterocycles. The van der Waals surface area contributed by atoms with Gasteiger partial charge in [0.2, 0.25) is 5.16 Å². The number of hydrogen-bond donors (Lipinski definition) is 1. The number of halogens is 4. The third-order valence-electron chi connectivity index (χ3n) is 2.54. The summed E-state index contributed by atoms with van der Waals surface area (Å²) in [6, 6.07) is 5.66. The maximum absolute atomic E-state index is 12.8. The molecule has 108 valence electrons. The summed E-state index contributed by atoms with van der Waals surface area (Å²) in [5.41, 5.74) is 0.743. The fourth-order valence-electron chi connectivity index (χ4n) is 1.51. The van der Waals surface area contributed by atoms with Crippen LogP contribution in [0.15, 0.2) is 29.4 Å². The first kappa shape index (κ1) is 14.6. The number of hydrogen-bond acceptors (Lipinski definition) is 4. The molecule has 4 nitrogen and oxygen atoms in total. The van der Waals surface area contributed by atoms with Gasteiger partial charge >= 0.3 is 6.18 Å². The minimum absolute atomic E-state index is 0.0610. The van der Waals surface area contributed by atoms with Gasteiger partial charge in [-0.1, -0.05) is 23.9 Å². The Bertz CT molecular complexity index is 593. The topological polar surface area (TPSA) is 56.7 Å². The Kier molecular flexibility index (Phi) is 3.89. The van der Waals surface area contributed by atoms with Gasteiger partial charge in [0.15, 0.2) is 0 Å². The fraction of sp³-hybridized carbons (Fsp3) is 0.273. The van der Waals surface area contributed by atoms with E-state index < -0.39 is 12.0 Å². The highest BCUT2D eigenvalue weighted by molar-refractivity contribution is 7.99. The minimum Gasteiger partial charge on any atom is -0.335 e. The van der Waals surface area contributed by atoms with Gasteiger partial charge in [-0.05, 0) is 24.6 Å². The van der Waals surface area contributed by atoms with Crippen LogP contribution in [0, 0.1) is 5.82 Å². The average Bonchev–Trinajstić information content (AvgIpc) is 2.71. The molecular formula is C11H10F4N4S. The molecule has 0 radical (unpaired) electrons. The van der Waals surface area contributed by atoms with Crippen molar-refractivity contribution in [1.82, 2.24) is 14.9 Å². The van der Waals surface area contributed by atoms with Crippen LogP contribution in [0.3, 0.4) is 0 Å². The molecule has 2 aromatic rings. The average molecular weight is 306 g/mol. The summed E-state index contributed by atoms with van der Waals surface area (Å²) in [5.74, 6) is 3.69. The van der Waals surface area contributed by atoms with E-state index in [2.05, 4.69) is 10.2 Å². The van der Waals surface area contributed by atoms with Crippen molar-refractivity contribution in [2.45, 2.75) is 23.5 Å². The normalized spacial score (nSPS) is 13.4. The van der Waals surface area contributed by atoms with E-state index in [1.807, 2.05) is 0 Å². The van der Waals surface area contributed by atoms with Gasteiger partial charge in [-0.3, -0.25) is 0 Å². The molecule has 0 spiro atoms. The zero-order chi connectivity index (χ0) is 14.9. The summed E-state index contributed by atoms with van der Waals surface area (Å²) in [6.45, 7) is 1.75. The van der Waals surface area contributed by atoms with Gasteiger partial charge in [0.05, 0.1) is 0 Å². The maximum atomic E-state index is 12.8. The molecule has 0 unspecified atom stereocenters. The Labute approximate surface area is 116 Å². The van der Waals surface area contributed by atoms with E-state index in [0.717, 1.165) is 17.3 Å². The predicted molar refractivity (Wildman–Crippen MR) is 65.8 cm³/mol. The highest BCUT2D eigenvalue weighted by atomic mass is 32.2. The van der Waals surface area contributed by atoms with E-state index in [0.29, 0.717) is 4.68 Å². The summed E-state index contributed by atoms with van der Waals surface area (Å²) in [5, 5.41) is 6.14. The smallest absolute Gasteiger partial charge is 0.335 e. The number of nitrogen functional groups attached to an aromatic ring is 1. The molecule has 0 saturated carbocycles. The van der Waals surface area contributed by atoms with Crippen molar-refractivity contribution in [1.29, 1.82) is 0 Å². The zero-order valence-corrected chi connectivity index (χ0v) is 11.0. The van der Waals surface area contributed by atoms with Crippen molar-refractivity contribution < 1.29 is 17.6 Å². The van der Waals surface area contributed by atoms with Gasteiger partial charge in [0.1, 0.15) is 5.82 Å². The Morgan fingerprint density at radius 2 is 1.80 bits per heavy atom. The van der Waals surface area contributed by atoms with Gasteiger partial charge < -0.3 is 5.84 Å². The second-order valence-corrected chi connectivity index (χ2v) is 5.29. The number of nitrogens with two attached hydrogens (primary N) is 1. The third kappa shape index (κ3) is 3.03. The maximum Gasteiger partial charge on any atom is 0.453 e. The monoisotopic (exact) mass is 306 g/mol. The quantitative estimate of drug-likeness (QED) is 0.538. The highest BCUT2D eigenvalue weighted by Gasteiger charge is 2.38. The van der Waals surface area contributed by atoms with Crippen LogP contribution in [0.1, 0.15) is 23.6 Å². The lowest BCUT2D eigenvalue weighted by Gasteiger charge is -2.11. The van der Waals surface area contributed by atoms with Crippen molar-refractivity contribution in [2.75, 3.05) is 5.84 Å². The van der Waals surface area contributed by atoms with Crippen LogP contribution in [-0.2, 0) is 6.18 Å². The van der Waals surface area contributed by atoms with E-state index in [1.54, 1.807) is 19.1 Å². The minimum atomic E-state index is -4.65. The third-order valence-corrected chi connectivity index (χ3v) is 3.65. The lowest BCUT2D eigenvalue weighted by atomic mass is 10.2. The molecular weight excluding hydrogens is 296 g/mol. The molecule has 0 saturated heterocycles. The summed E-state index contributed by atoms with van der Waals surface area (Å²) >= 11 is 1.01. The van der Waals surface area contributed by atoms with Crippen molar-refractivity contribution in [3.63, 3.8) is 0 Å². The molecule has 0 aliphatic rings. The van der Waals surface area contributed by atoms with E-state index >= 15 is 0 Å². The number of alkyl halides is 3. The van der Waals surface area contributed by atoms with Crippen molar-refractivity contribution in [3.05, 3.63) is 41.5 Å². The Morgan fingerprint density at radius 1 is 1.20 bits per heavy atom. The molecule has 1 atom stereocenters. The van der Waals surface area contributed by atoms with Crippen LogP contribution >= 0.6 is 11.8 Å². The van der Waals surface area contributed by atoms with Crippen LogP contribution in [0.5, 0.6) is 0 Å². The van der Waals surface area contributed by atoms with E-state index in [9.17, 15) is 17.6 Å². The first-order chi connectivity index (χ1) is 9.29. The molecule has 0 fully saturated rings. The van der Waals surface area contributed by atoms with E-state index in [1.165, 1.54) is 12.1 Å². The molecule has 0 bridgehead atoms. The van der Waals surface area contributed by atoms with Crippen molar-refractivity contribution >= 4 is 11.8 Å². The fourth-order valence-corrected chi connectivity index (χ4v) is 2.41. The van der Waals surface area contributed by atoms with Crippen LogP contribution in [0.2, 0.25) is 0 Å². The van der Waals surface area contributed by atoms with E-state index in [-0.39, 0.29) is 16.2 Å². The summed E-state index contributed by atoms with van der Waals surface area (Å²) in [7, 11) is 0. The molecule has 0 amide bonds. The second kappa shape index (κ2) is 5.31. The lowest BCUT2D eigenvalue weighted by molar-refractivity contribution is -0.146. The molecule has 0 aliphatic carbocycles. The summed E-state index contributed by atoms with van der Waals surface area (Å²) in [4.78, 5) is 0. The van der Waals surface area contributed by atoms with Gasteiger partial charge in [0, 0.05) is 5.25 Å². The SMILES string of the molecule is C[C@H](Sc1nnc(C(F)(F)F)n1N)c1ccc(F)cc1. The number of nitrogens with zero attached hydrogens (tertiary/aromatic N) is 3. The molecule has 2 N–H and O–H groups in total. The standard InChI is InChI=1S/C11H10F4N4S/c1-6(7-2-4-8(12)5-3-7)20-10-18-17-9(19(10)16)11(13,14)15/h2-6H,16H2,1H3/t6-/m0/s1. The largest absolute Gasteiger partial charge is 0.453 e. The lowest BCUT2D eigenvalue weighted by Crippen LogP contribution is -2.21. The molecule has 1 aromatic heterocycles. The van der Waals surface area contributed by atoms with Gasteiger partial charge in [-0.25, -0.2) is 9.07 Å². The van der Waals surface area contributed by atoms with Gasteiger partial charge in [0.25, 0.3) is 5.82 Å². The van der Waals surface area contributed by atoms with Crippen LogP contribution in [0.25, 0.3) is 0 Å². The number of thioether (sulfide) groups is 1. The number of rotatable bonds is 3. The molecule has 2 rings (SSSR count). The molecule has 1 aromatic carbocycles. The van der Waals surface area contributed by atoms with Crippen LogP contribution in [-0.4, -0.2) is 14.9 Å².